The van der Waals surface area contributed by atoms with Gasteiger partial charge in [-0.25, -0.2) is 0 Å². The topological polar surface area (TPSA) is 94.7 Å². The van der Waals surface area contributed by atoms with Gasteiger partial charge in [0.1, 0.15) is 0 Å². The van der Waals surface area contributed by atoms with E-state index in [0.29, 0.717) is 5.56 Å². The molecular weight excluding hydrogens is 269 g/mol. The van der Waals surface area contributed by atoms with E-state index in [1.807, 2.05) is 0 Å². The maximum Gasteiger partial charge on any atom is 1.00 e. The van der Waals surface area contributed by atoms with E-state index in [9.17, 15) is 11.9 Å². The number of rotatable bonds is 2. The molecule has 4 nitrogen and oxygen atoms in total. The molecule has 0 saturated heterocycles. The smallest absolute Gasteiger partial charge is 1.00 e. The predicted molar refractivity (Wildman–Crippen MR) is 40.2 cm³/mol. The molecule has 0 unspecified atom stereocenters. The van der Waals surface area contributed by atoms with Gasteiger partial charge in [0.2, 0.25) is 0 Å². The maximum atomic E-state index is 10.3. The van der Waals surface area contributed by atoms with Crippen LogP contribution in [0.4, 0.5) is 0 Å². The third-order valence-corrected chi connectivity index (χ3v) is 2.80. The molecule has 0 heterocycles. The first-order valence-electron chi connectivity index (χ1n) is 3.13. The summed E-state index contributed by atoms with van der Waals surface area (Å²) >= 11 is -4.96. The van der Waals surface area contributed by atoms with Crippen molar-refractivity contribution in [2.75, 3.05) is 0 Å². The van der Waals surface area contributed by atoms with Gasteiger partial charge in [-0.2, -0.15) is 0 Å². The summed E-state index contributed by atoms with van der Waals surface area (Å²) in [6.07, 6.45) is 0. The largest absolute Gasteiger partial charge is 1.00 e. The Morgan fingerprint density at radius 3 is 1.86 bits per heavy atom. The molecule has 0 aliphatic heterocycles. The van der Waals surface area contributed by atoms with Crippen molar-refractivity contribution in [3.8, 4) is 0 Å². The van der Waals surface area contributed by atoms with Crippen LogP contribution in [0.15, 0.2) is 30.3 Å². The molecule has 7 heteroatoms. The van der Waals surface area contributed by atoms with Gasteiger partial charge in [0.05, 0.1) is 0 Å². The van der Waals surface area contributed by atoms with Crippen molar-refractivity contribution in [2.24, 2.45) is 0 Å². The van der Waals surface area contributed by atoms with Crippen LogP contribution in [0.5, 0.6) is 0 Å². The predicted octanol–water partition coefficient (Wildman–Crippen LogP) is -7.96. The average Bonchev–Trinajstić information content (AvgIpc) is 1.85. The van der Waals surface area contributed by atoms with Gasteiger partial charge in [0.25, 0.3) is 0 Å². The van der Waals surface area contributed by atoms with Crippen molar-refractivity contribution in [2.45, 2.75) is 5.21 Å². The third-order valence-electron chi connectivity index (χ3n) is 1.22. The minimum atomic E-state index is -4.96. The molecule has 0 fully saturated rings. The van der Waals surface area contributed by atoms with E-state index in [-0.39, 0.29) is 69.8 Å². The van der Waals surface area contributed by atoms with Gasteiger partial charge in [-0.1, -0.05) is 0 Å². The van der Waals surface area contributed by atoms with Gasteiger partial charge in [-0.3, -0.25) is 0 Å². The Labute approximate surface area is 130 Å². The van der Waals surface area contributed by atoms with Gasteiger partial charge in [-0.05, 0) is 0 Å². The normalized spacial score (nSPS) is 9.00. The van der Waals surface area contributed by atoms with Crippen LogP contribution in [0.1, 0.15) is 5.56 Å². The summed E-state index contributed by atoms with van der Waals surface area (Å²) < 4.78 is 31.0. The zero-order valence-electron chi connectivity index (χ0n) is 8.27. The second-order valence-corrected chi connectivity index (χ2v) is 5.48. The van der Waals surface area contributed by atoms with Crippen LogP contribution in [0.3, 0.4) is 0 Å². The van der Waals surface area contributed by atoms with E-state index < -0.39 is 14.2 Å². The van der Waals surface area contributed by atoms with Gasteiger partial charge in [0.15, 0.2) is 0 Å². The van der Waals surface area contributed by atoms with Crippen molar-refractivity contribution in [3.05, 3.63) is 35.9 Å². The monoisotopic (exact) mass is 278 g/mol. The molecule has 1 aromatic carbocycles. The summed E-state index contributed by atoms with van der Waals surface area (Å²) in [5, 5.41) is -0.334. The van der Waals surface area contributed by atoms with Crippen molar-refractivity contribution in [3.63, 3.8) is 0 Å². The van der Waals surface area contributed by atoms with Gasteiger partial charge >= 0.3 is 126 Å². The Morgan fingerprint density at radius 1 is 1.07 bits per heavy atom. The summed E-state index contributed by atoms with van der Waals surface area (Å²) in [7, 11) is 0. The fraction of sp³-hybridized carbons (Fsp3) is 0.143. The first-order chi connectivity index (χ1) is 5.08. The second kappa shape index (κ2) is 9.67. The summed E-state index contributed by atoms with van der Waals surface area (Å²) in [6.45, 7) is 0. The van der Waals surface area contributed by atoms with Crippen molar-refractivity contribution >= 4 is 14.2 Å². The molecule has 2 N–H and O–H groups in total. The molecular formula is C7H9AsNa2O4. The van der Waals surface area contributed by atoms with Crippen molar-refractivity contribution < 1.29 is 76.5 Å². The molecule has 0 atom stereocenters. The molecule has 0 bridgehead atoms. The quantitative estimate of drug-likeness (QED) is 0.503. The van der Waals surface area contributed by atoms with Gasteiger partial charge in [0, 0.05) is 0 Å². The van der Waals surface area contributed by atoms with Crippen LogP contribution in [0.2, 0.25) is 0 Å². The van der Waals surface area contributed by atoms with Crippen LogP contribution in [0.25, 0.3) is 0 Å². The second-order valence-electron chi connectivity index (χ2n) is 2.25. The van der Waals surface area contributed by atoms with E-state index in [4.69, 9.17) is 0 Å². The van der Waals surface area contributed by atoms with E-state index in [1.165, 1.54) is 0 Å². The minimum absolute atomic E-state index is 0. The molecule has 0 aliphatic carbocycles. The molecule has 0 saturated carbocycles. The summed E-state index contributed by atoms with van der Waals surface area (Å²) in [6, 6.07) is 8.45. The molecule has 0 radical (unpaired) electrons. The summed E-state index contributed by atoms with van der Waals surface area (Å²) in [5.74, 6) is 0. The Hall–Kier alpha value is 1.46. The zero-order chi connectivity index (χ0) is 8.32. The van der Waals surface area contributed by atoms with E-state index in [2.05, 4.69) is 0 Å². The average molecular weight is 278 g/mol. The van der Waals surface area contributed by atoms with Crippen molar-refractivity contribution in [1.82, 2.24) is 0 Å². The molecule has 1 rings (SSSR count). The van der Waals surface area contributed by atoms with Crippen LogP contribution in [0, 0.1) is 0 Å². The maximum absolute atomic E-state index is 10.3. The Bertz CT molecular complexity index is 274. The Balaban J connectivity index is -0.000000403. The van der Waals surface area contributed by atoms with E-state index >= 15 is 0 Å². The fourth-order valence-corrected chi connectivity index (χ4v) is 2.19. The van der Waals surface area contributed by atoms with Gasteiger partial charge < -0.3 is 5.48 Å². The molecule has 0 aromatic heterocycles. The van der Waals surface area contributed by atoms with Crippen LogP contribution in [-0.4, -0.2) is 19.6 Å². The number of benzene rings is 1. The summed E-state index contributed by atoms with van der Waals surface area (Å²) in [5.41, 5.74) is 0.569. The van der Waals surface area contributed by atoms with E-state index in [1.54, 1.807) is 30.3 Å². The van der Waals surface area contributed by atoms with Crippen LogP contribution in [-0.2, 0) is 8.95 Å². The Kier molecular flexibility index (Phi) is 14.4. The third kappa shape index (κ3) is 9.99. The first kappa shape index (κ1) is 20.8. The molecule has 68 valence electrons. The summed E-state index contributed by atoms with van der Waals surface area (Å²) in [4.78, 5) is 0. The number of hydrogen-bond acceptors (Lipinski definition) is 3. The fourth-order valence-electron chi connectivity index (χ4n) is 0.807. The minimum Gasteiger partial charge on any atom is 1.00 e. The van der Waals surface area contributed by atoms with Gasteiger partial charge in [-0.15, -0.1) is 0 Å². The van der Waals surface area contributed by atoms with Crippen LogP contribution < -0.4 is 67.3 Å². The number of hydrogen-bond donors (Lipinski definition) is 0. The molecule has 14 heavy (non-hydrogen) atoms. The van der Waals surface area contributed by atoms with Crippen molar-refractivity contribution in [1.29, 1.82) is 0 Å². The zero-order valence-corrected chi connectivity index (χ0v) is 14.1. The SMILES string of the molecule is O.O=[As]([O-])([O-])Cc1ccccc1.[Na+].[Na+]. The van der Waals surface area contributed by atoms with Crippen LogP contribution >= 0.6 is 0 Å². The Morgan fingerprint density at radius 2 is 1.50 bits per heavy atom. The van der Waals surface area contributed by atoms with E-state index in [0.717, 1.165) is 0 Å². The molecule has 0 amide bonds. The molecule has 0 aliphatic rings. The standard InChI is InChI=1S/C7H9AsO3.2Na.H2O/c9-8(10,11)6-7-4-2-1-3-5-7;;;/h1-5H,6H2,(H2,9,10,11);;;1H2/q;2*+1;/p-2. The molecule has 1 aromatic rings. The molecule has 0 spiro atoms. The first-order valence-corrected chi connectivity index (χ1v) is 6.75.